The molecule has 0 aliphatic carbocycles. The highest BCUT2D eigenvalue weighted by molar-refractivity contribution is 6.35. The molecule has 8 heteroatoms. The Morgan fingerprint density at radius 2 is 2.03 bits per heavy atom. The molecular weight excluding hydrogens is 423 g/mol. The van der Waals surface area contributed by atoms with Gasteiger partial charge in [-0.2, -0.15) is 4.99 Å². The number of urea groups is 1. The molecular formula is C22H26Cl2N4O2. The summed E-state index contributed by atoms with van der Waals surface area (Å²) in [5.41, 5.74) is 7.88. The summed E-state index contributed by atoms with van der Waals surface area (Å²) >= 11 is 12.2. The van der Waals surface area contributed by atoms with Crippen LogP contribution in [0.1, 0.15) is 18.4 Å². The second kappa shape index (κ2) is 10.7. The van der Waals surface area contributed by atoms with E-state index in [2.05, 4.69) is 15.2 Å². The van der Waals surface area contributed by atoms with Crippen molar-refractivity contribution in [1.29, 1.82) is 0 Å². The molecule has 2 amide bonds. The third-order valence-electron chi connectivity index (χ3n) is 5.21. The molecule has 30 heavy (non-hydrogen) atoms. The first-order valence-electron chi connectivity index (χ1n) is 9.90. The Kier molecular flexibility index (Phi) is 7.96. The van der Waals surface area contributed by atoms with Gasteiger partial charge in [0, 0.05) is 34.7 Å². The van der Waals surface area contributed by atoms with Gasteiger partial charge in [-0.25, -0.2) is 4.79 Å². The van der Waals surface area contributed by atoms with Crippen molar-refractivity contribution in [3.8, 4) is 5.75 Å². The minimum Gasteiger partial charge on any atom is -0.497 e. The standard InChI is InChI=1S/C22H26Cl2N4O2/c1-30-19-8-6-18(7-9-19)26-22(29)27-21(25)16-3-2-11-28(14-16)12-10-15-4-5-17(23)13-20(15)24/h4-9,13,16H,2-3,10-12,14H2,1H3,(H3,25,26,27,29). The fraction of sp³-hybridized carbons (Fsp3) is 0.364. The number of aliphatic imine (C=N–C) groups is 1. The lowest BCUT2D eigenvalue weighted by Gasteiger charge is -2.32. The highest BCUT2D eigenvalue weighted by atomic mass is 35.5. The van der Waals surface area contributed by atoms with Crippen molar-refractivity contribution in [2.45, 2.75) is 19.3 Å². The quantitative estimate of drug-likeness (QED) is 0.488. The number of rotatable bonds is 6. The molecule has 160 valence electrons. The van der Waals surface area contributed by atoms with E-state index in [1.54, 1.807) is 37.4 Å². The van der Waals surface area contributed by atoms with Crippen molar-refractivity contribution in [2.75, 3.05) is 32.1 Å². The zero-order valence-corrected chi connectivity index (χ0v) is 18.4. The number of amidine groups is 1. The number of piperidine rings is 1. The molecule has 0 aromatic heterocycles. The Hall–Kier alpha value is -2.28. The molecule has 1 saturated heterocycles. The number of methoxy groups -OCH3 is 1. The average Bonchev–Trinajstić information content (AvgIpc) is 2.74. The van der Waals surface area contributed by atoms with E-state index in [0.29, 0.717) is 21.6 Å². The van der Waals surface area contributed by atoms with Crippen LogP contribution in [0.15, 0.2) is 47.5 Å². The van der Waals surface area contributed by atoms with Gasteiger partial charge in [0.1, 0.15) is 11.6 Å². The average molecular weight is 449 g/mol. The zero-order chi connectivity index (χ0) is 21.5. The molecule has 1 aliphatic heterocycles. The smallest absolute Gasteiger partial charge is 0.347 e. The number of hydrogen-bond acceptors (Lipinski definition) is 3. The Morgan fingerprint density at radius 1 is 1.27 bits per heavy atom. The Morgan fingerprint density at radius 3 is 2.73 bits per heavy atom. The summed E-state index contributed by atoms with van der Waals surface area (Å²) < 4.78 is 5.11. The fourth-order valence-electron chi connectivity index (χ4n) is 3.54. The number of carbonyl (C=O) groups excluding carboxylic acids is 1. The predicted molar refractivity (Wildman–Crippen MR) is 123 cm³/mol. The van der Waals surface area contributed by atoms with E-state index in [-0.39, 0.29) is 5.92 Å². The highest BCUT2D eigenvalue weighted by Crippen LogP contribution is 2.23. The number of hydrogen-bond donors (Lipinski definition) is 2. The molecule has 1 aliphatic rings. The number of likely N-dealkylation sites (tertiary alicyclic amines) is 1. The van der Waals surface area contributed by atoms with Crippen LogP contribution in [0, 0.1) is 5.92 Å². The molecule has 1 heterocycles. The second-order valence-corrected chi connectivity index (χ2v) is 8.16. The molecule has 1 fully saturated rings. The molecule has 0 radical (unpaired) electrons. The number of nitrogens with one attached hydrogen (secondary N) is 1. The summed E-state index contributed by atoms with van der Waals surface area (Å²) in [7, 11) is 1.59. The Bertz CT molecular complexity index is 903. The molecule has 3 N–H and O–H groups in total. The van der Waals surface area contributed by atoms with Gasteiger partial charge in [-0.15, -0.1) is 0 Å². The van der Waals surface area contributed by atoms with Crippen LogP contribution >= 0.6 is 23.2 Å². The summed E-state index contributed by atoms with van der Waals surface area (Å²) in [4.78, 5) is 18.6. The third kappa shape index (κ3) is 6.36. The maximum Gasteiger partial charge on any atom is 0.347 e. The number of anilines is 1. The van der Waals surface area contributed by atoms with Gasteiger partial charge >= 0.3 is 6.03 Å². The monoisotopic (exact) mass is 448 g/mol. The fourth-order valence-corrected chi connectivity index (χ4v) is 4.04. The molecule has 2 aromatic carbocycles. The SMILES string of the molecule is COc1ccc(NC(=O)/N=C(\N)C2CCCN(CCc3ccc(Cl)cc3Cl)C2)cc1. The van der Waals surface area contributed by atoms with Crippen LogP contribution in [0.3, 0.4) is 0 Å². The first kappa shape index (κ1) is 22.4. The number of halogens is 2. The number of nitrogens with zero attached hydrogens (tertiary/aromatic N) is 2. The molecule has 0 saturated carbocycles. The number of benzene rings is 2. The highest BCUT2D eigenvalue weighted by Gasteiger charge is 2.23. The Balaban J connectivity index is 1.53. The van der Waals surface area contributed by atoms with Crippen molar-refractivity contribution in [1.82, 2.24) is 4.90 Å². The van der Waals surface area contributed by atoms with Crippen LogP contribution in [0.4, 0.5) is 10.5 Å². The molecule has 3 rings (SSSR count). The number of nitrogens with two attached hydrogens (primary N) is 1. The minimum absolute atomic E-state index is 0.0565. The van der Waals surface area contributed by atoms with Gasteiger partial charge in [-0.05, 0) is 67.8 Å². The van der Waals surface area contributed by atoms with Crippen molar-refractivity contribution in [3.63, 3.8) is 0 Å². The van der Waals surface area contributed by atoms with E-state index in [4.69, 9.17) is 33.7 Å². The molecule has 2 aromatic rings. The van der Waals surface area contributed by atoms with E-state index in [0.717, 1.165) is 50.2 Å². The first-order chi connectivity index (χ1) is 14.4. The molecule has 0 bridgehead atoms. The minimum atomic E-state index is -0.470. The zero-order valence-electron chi connectivity index (χ0n) is 16.9. The molecule has 1 unspecified atom stereocenters. The molecule has 0 spiro atoms. The maximum atomic E-state index is 12.2. The van der Waals surface area contributed by atoms with Crippen molar-refractivity contribution >= 4 is 40.8 Å². The first-order valence-corrected chi connectivity index (χ1v) is 10.7. The maximum absolute atomic E-state index is 12.2. The largest absolute Gasteiger partial charge is 0.497 e. The van der Waals surface area contributed by atoms with Gasteiger partial charge in [-0.3, -0.25) is 0 Å². The second-order valence-electron chi connectivity index (χ2n) is 7.32. The van der Waals surface area contributed by atoms with Gasteiger partial charge in [0.05, 0.1) is 7.11 Å². The summed E-state index contributed by atoms with van der Waals surface area (Å²) in [5, 5.41) is 4.06. The van der Waals surface area contributed by atoms with Gasteiger partial charge in [0.15, 0.2) is 0 Å². The predicted octanol–water partition coefficient (Wildman–Crippen LogP) is 4.85. The summed E-state index contributed by atoms with van der Waals surface area (Å²) in [6.07, 6.45) is 2.76. The van der Waals surface area contributed by atoms with Crippen molar-refractivity contribution in [2.24, 2.45) is 16.6 Å². The Labute approximate surface area is 187 Å². The van der Waals surface area contributed by atoms with Crippen LogP contribution in [0.2, 0.25) is 10.0 Å². The van der Waals surface area contributed by atoms with E-state index in [9.17, 15) is 4.79 Å². The number of ether oxygens (including phenoxy) is 1. The van der Waals surface area contributed by atoms with E-state index < -0.39 is 6.03 Å². The lowest BCUT2D eigenvalue weighted by molar-refractivity contribution is 0.206. The van der Waals surface area contributed by atoms with E-state index in [1.807, 2.05) is 12.1 Å². The summed E-state index contributed by atoms with van der Waals surface area (Å²) in [6.45, 7) is 2.63. The third-order valence-corrected chi connectivity index (χ3v) is 5.80. The van der Waals surface area contributed by atoms with Crippen molar-refractivity contribution < 1.29 is 9.53 Å². The molecule has 1 atom stereocenters. The van der Waals surface area contributed by atoms with Crippen molar-refractivity contribution in [3.05, 3.63) is 58.1 Å². The van der Waals surface area contributed by atoms with Gasteiger partial charge < -0.3 is 20.7 Å². The van der Waals surface area contributed by atoms with Crippen LogP contribution in [0.25, 0.3) is 0 Å². The van der Waals surface area contributed by atoms with Gasteiger partial charge in [-0.1, -0.05) is 29.3 Å². The summed E-state index contributed by atoms with van der Waals surface area (Å²) in [5.74, 6) is 1.15. The van der Waals surface area contributed by atoms with Crippen LogP contribution in [-0.4, -0.2) is 43.5 Å². The van der Waals surface area contributed by atoms with Gasteiger partial charge in [0.25, 0.3) is 0 Å². The van der Waals surface area contributed by atoms with Crippen LogP contribution in [-0.2, 0) is 6.42 Å². The van der Waals surface area contributed by atoms with Gasteiger partial charge in [0.2, 0.25) is 0 Å². The van der Waals surface area contributed by atoms with Crippen LogP contribution in [0.5, 0.6) is 5.75 Å². The molecule has 6 nitrogen and oxygen atoms in total. The lowest BCUT2D eigenvalue weighted by atomic mass is 9.96. The van der Waals surface area contributed by atoms with Crippen LogP contribution < -0.4 is 15.8 Å². The van der Waals surface area contributed by atoms with E-state index in [1.165, 1.54) is 0 Å². The summed E-state index contributed by atoms with van der Waals surface area (Å²) in [6, 6.07) is 12.2. The topological polar surface area (TPSA) is 79.9 Å². The number of amides is 2. The number of carbonyl (C=O) groups is 1. The normalized spacial score (nSPS) is 17.6. The lowest BCUT2D eigenvalue weighted by Crippen LogP contribution is -2.42. The van der Waals surface area contributed by atoms with E-state index >= 15 is 0 Å².